The molecule has 0 saturated carbocycles. The number of nitrogen functional groups attached to an aromatic ring is 1. The molecule has 0 unspecified atom stereocenters. The summed E-state index contributed by atoms with van der Waals surface area (Å²) in [6.07, 6.45) is -4.37. The van der Waals surface area contributed by atoms with Crippen molar-refractivity contribution in [3.05, 3.63) is 5.69 Å². The molecule has 0 radical (unpaired) electrons. The van der Waals surface area contributed by atoms with Gasteiger partial charge in [-0.2, -0.15) is 18.3 Å². The SMILES string of the molecule is CC(C)c1nn(C)c(N(CCO)CC(F)(F)F)c1N. The number of nitrogens with zero attached hydrogens (tertiary/aromatic N) is 3. The minimum atomic E-state index is -4.37. The van der Waals surface area contributed by atoms with E-state index in [1.54, 1.807) is 7.05 Å². The van der Waals surface area contributed by atoms with Crippen molar-refractivity contribution in [2.45, 2.75) is 25.9 Å². The summed E-state index contributed by atoms with van der Waals surface area (Å²) in [6, 6.07) is 0. The summed E-state index contributed by atoms with van der Waals surface area (Å²) < 4.78 is 39.0. The average Bonchev–Trinajstić information content (AvgIpc) is 2.52. The van der Waals surface area contributed by atoms with E-state index in [9.17, 15) is 13.2 Å². The van der Waals surface area contributed by atoms with Gasteiger partial charge in [-0.25, -0.2) is 0 Å². The second-order valence-electron chi connectivity index (χ2n) is 4.66. The summed E-state index contributed by atoms with van der Waals surface area (Å²) >= 11 is 0. The number of nitrogens with two attached hydrogens (primary N) is 1. The highest BCUT2D eigenvalue weighted by Gasteiger charge is 2.33. The first-order valence-corrected chi connectivity index (χ1v) is 5.92. The summed E-state index contributed by atoms with van der Waals surface area (Å²) in [5.41, 5.74) is 6.67. The Kier molecular flexibility index (Phi) is 4.67. The molecular weight excluding hydrogens is 261 g/mol. The number of rotatable bonds is 5. The number of anilines is 2. The molecule has 0 atom stereocenters. The Labute approximate surface area is 109 Å². The maximum atomic E-state index is 12.5. The van der Waals surface area contributed by atoms with Crippen LogP contribution in [-0.4, -0.2) is 40.8 Å². The zero-order valence-corrected chi connectivity index (χ0v) is 11.2. The zero-order valence-electron chi connectivity index (χ0n) is 11.2. The van der Waals surface area contributed by atoms with E-state index >= 15 is 0 Å². The third-order valence-electron chi connectivity index (χ3n) is 2.67. The highest BCUT2D eigenvalue weighted by molar-refractivity contribution is 5.67. The number of aliphatic hydroxyl groups excluding tert-OH is 1. The summed E-state index contributed by atoms with van der Waals surface area (Å²) in [5, 5.41) is 13.1. The molecule has 0 saturated heterocycles. The van der Waals surface area contributed by atoms with Crippen LogP contribution in [0.25, 0.3) is 0 Å². The summed E-state index contributed by atoms with van der Waals surface area (Å²) in [6.45, 7) is 2.01. The Morgan fingerprint density at radius 3 is 2.37 bits per heavy atom. The molecule has 0 bridgehead atoms. The molecule has 0 aliphatic rings. The smallest absolute Gasteiger partial charge is 0.395 e. The number of alkyl halides is 3. The molecule has 1 rings (SSSR count). The number of aryl methyl sites for hydroxylation is 1. The second kappa shape index (κ2) is 5.68. The van der Waals surface area contributed by atoms with Crippen LogP contribution in [0.4, 0.5) is 24.7 Å². The summed E-state index contributed by atoms with van der Waals surface area (Å²) in [4.78, 5) is 0.994. The molecule has 1 heterocycles. The van der Waals surface area contributed by atoms with Crippen molar-refractivity contribution < 1.29 is 18.3 Å². The highest BCUT2D eigenvalue weighted by atomic mass is 19.4. The fraction of sp³-hybridized carbons (Fsp3) is 0.727. The third kappa shape index (κ3) is 3.76. The number of hydrogen-bond acceptors (Lipinski definition) is 4. The number of aromatic nitrogens is 2. The van der Waals surface area contributed by atoms with Crippen LogP contribution >= 0.6 is 0 Å². The largest absolute Gasteiger partial charge is 0.405 e. The van der Waals surface area contributed by atoms with E-state index in [4.69, 9.17) is 10.8 Å². The van der Waals surface area contributed by atoms with Gasteiger partial charge in [-0.05, 0) is 5.92 Å². The molecule has 0 amide bonds. The summed E-state index contributed by atoms with van der Waals surface area (Å²) in [7, 11) is 1.54. The number of aliphatic hydroxyl groups is 1. The highest BCUT2D eigenvalue weighted by Crippen LogP contribution is 2.32. The van der Waals surface area contributed by atoms with Crippen LogP contribution in [-0.2, 0) is 7.05 Å². The molecule has 1 aromatic heterocycles. The molecular formula is C11H19F3N4O. The van der Waals surface area contributed by atoms with Crippen LogP contribution in [0.2, 0.25) is 0 Å². The van der Waals surface area contributed by atoms with Crippen molar-refractivity contribution in [1.29, 1.82) is 0 Å². The predicted octanol–water partition coefficient (Wildman–Crippen LogP) is 1.49. The van der Waals surface area contributed by atoms with Crippen LogP contribution in [0, 0.1) is 0 Å². The van der Waals surface area contributed by atoms with Gasteiger partial charge in [0.1, 0.15) is 6.54 Å². The number of halogens is 3. The van der Waals surface area contributed by atoms with E-state index in [1.165, 1.54) is 4.68 Å². The lowest BCUT2D eigenvalue weighted by atomic mass is 10.1. The van der Waals surface area contributed by atoms with Crippen molar-refractivity contribution in [2.75, 3.05) is 30.3 Å². The van der Waals surface area contributed by atoms with Crippen molar-refractivity contribution in [1.82, 2.24) is 9.78 Å². The normalized spacial score (nSPS) is 12.2. The van der Waals surface area contributed by atoms with Crippen LogP contribution in [0.15, 0.2) is 0 Å². The molecule has 0 fully saturated rings. The van der Waals surface area contributed by atoms with Gasteiger partial charge >= 0.3 is 6.18 Å². The molecule has 0 aromatic carbocycles. The fourth-order valence-electron chi connectivity index (χ4n) is 1.95. The Morgan fingerprint density at radius 1 is 1.42 bits per heavy atom. The molecule has 8 heteroatoms. The van der Waals surface area contributed by atoms with Gasteiger partial charge in [-0.1, -0.05) is 13.8 Å². The van der Waals surface area contributed by atoms with Gasteiger partial charge in [0.15, 0.2) is 5.82 Å². The quantitative estimate of drug-likeness (QED) is 0.857. The van der Waals surface area contributed by atoms with Gasteiger partial charge in [0.05, 0.1) is 18.0 Å². The van der Waals surface area contributed by atoms with Gasteiger partial charge in [-0.3, -0.25) is 4.68 Å². The summed E-state index contributed by atoms with van der Waals surface area (Å²) in [5.74, 6) is 0.205. The minimum absolute atomic E-state index is 0.0156. The predicted molar refractivity (Wildman–Crippen MR) is 67.1 cm³/mol. The van der Waals surface area contributed by atoms with Gasteiger partial charge in [-0.15, -0.1) is 0 Å². The average molecular weight is 280 g/mol. The van der Waals surface area contributed by atoms with Crippen LogP contribution < -0.4 is 10.6 Å². The Morgan fingerprint density at radius 2 is 2.00 bits per heavy atom. The van der Waals surface area contributed by atoms with Crippen molar-refractivity contribution >= 4 is 11.5 Å². The molecule has 0 spiro atoms. The molecule has 110 valence electrons. The molecule has 5 nitrogen and oxygen atoms in total. The first-order chi connectivity index (χ1) is 8.67. The molecule has 19 heavy (non-hydrogen) atoms. The zero-order chi connectivity index (χ0) is 14.8. The van der Waals surface area contributed by atoms with E-state index in [0.717, 1.165) is 4.90 Å². The molecule has 0 aliphatic heterocycles. The van der Waals surface area contributed by atoms with E-state index in [0.29, 0.717) is 5.69 Å². The lowest BCUT2D eigenvalue weighted by Crippen LogP contribution is -2.37. The Bertz CT molecular complexity index is 428. The lowest BCUT2D eigenvalue weighted by Gasteiger charge is -2.25. The van der Waals surface area contributed by atoms with E-state index in [-0.39, 0.29) is 24.0 Å². The third-order valence-corrected chi connectivity index (χ3v) is 2.67. The lowest BCUT2D eigenvalue weighted by molar-refractivity contribution is -0.120. The van der Waals surface area contributed by atoms with Crippen molar-refractivity contribution in [2.24, 2.45) is 7.05 Å². The maximum Gasteiger partial charge on any atom is 0.405 e. The van der Waals surface area contributed by atoms with Gasteiger partial charge in [0.2, 0.25) is 0 Å². The van der Waals surface area contributed by atoms with Crippen LogP contribution in [0.5, 0.6) is 0 Å². The van der Waals surface area contributed by atoms with E-state index in [2.05, 4.69) is 5.10 Å². The molecule has 3 N–H and O–H groups in total. The monoisotopic (exact) mass is 280 g/mol. The topological polar surface area (TPSA) is 67.3 Å². The molecule has 0 aliphatic carbocycles. The Hall–Kier alpha value is -1.44. The maximum absolute atomic E-state index is 12.5. The van der Waals surface area contributed by atoms with Crippen molar-refractivity contribution in [3.8, 4) is 0 Å². The van der Waals surface area contributed by atoms with Crippen LogP contribution in [0.3, 0.4) is 0 Å². The van der Waals surface area contributed by atoms with Crippen molar-refractivity contribution in [3.63, 3.8) is 0 Å². The van der Waals surface area contributed by atoms with Gasteiger partial charge in [0, 0.05) is 13.6 Å². The van der Waals surface area contributed by atoms with E-state index in [1.807, 2.05) is 13.8 Å². The Balaban J connectivity index is 3.15. The van der Waals surface area contributed by atoms with E-state index < -0.39 is 19.3 Å². The first kappa shape index (κ1) is 15.6. The van der Waals surface area contributed by atoms with Gasteiger partial charge < -0.3 is 15.7 Å². The fourth-order valence-corrected chi connectivity index (χ4v) is 1.95. The minimum Gasteiger partial charge on any atom is -0.395 e. The van der Waals surface area contributed by atoms with Crippen LogP contribution in [0.1, 0.15) is 25.5 Å². The molecule has 1 aromatic rings. The second-order valence-corrected chi connectivity index (χ2v) is 4.66. The number of hydrogen-bond donors (Lipinski definition) is 2. The van der Waals surface area contributed by atoms with Gasteiger partial charge in [0.25, 0.3) is 0 Å². The standard InChI is InChI=1S/C11H19F3N4O/c1-7(2)9-8(15)10(17(3)16-9)18(4-5-19)6-11(12,13)14/h7,19H,4-6,15H2,1-3H3. The first-order valence-electron chi connectivity index (χ1n) is 5.92.